The van der Waals surface area contributed by atoms with Crippen molar-refractivity contribution in [2.45, 2.75) is 119 Å². The number of fused-ring (bicyclic) bond motifs is 3. The van der Waals surface area contributed by atoms with Crippen LogP contribution in [0.2, 0.25) is 0 Å². The highest BCUT2D eigenvalue weighted by Crippen LogP contribution is 2.74. The lowest BCUT2D eigenvalue weighted by Crippen LogP contribution is -2.71. The summed E-state index contributed by atoms with van der Waals surface area (Å²) in [5.74, 6) is -1.50. The van der Waals surface area contributed by atoms with Gasteiger partial charge in [0.1, 0.15) is 12.2 Å². The van der Waals surface area contributed by atoms with Crippen molar-refractivity contribution in [3.8, 4) is 0 Å². The Morgan fingerprint density at radius 3 is 2.41 bits per heavy atom. The fraction of sp³-hybridized carbons (Fsp3) is 0.865. The van der Waals surface area contributed by atoms with Crippen LogP contribution in [0.25, 0.3) is 0 Å². The Balaban J connectivity index is 1.58. The van der Waals surface area contributed by atoms with Gasteiger partial charge in [-0.1, -0.05) is 54.0 Å². The molecule has 5 rings (SSSR count). The summed E-state index contributed by atoms with van der Waals surface area (Å²) in [6.45, 7) is 18.2. The molecular weight excluding hydrogens is 584 g/mol. The summed E-state index contributed by atoms with van der Waals surface area (Å²) in [6, 6.07) is -0.175. The van der Waals surface area contributed by atoms with E-state index < -0.39 is 51.2 Å². The van der Waals surface area contributed by atoms with Crippen LogP contribution in [-0.4, -0.2) is 67.4 Å². The zero-order valence-corrected chi connectivity index (χ0v) is 29.5. The Bertz CT molecular complexity index is 1250. The quantitative estimate of drug-likeness (QED) is 0.275. The predicted molar refractivity (Wildman–Crippen MR) is 176 cm³/mol. The van der Waals surface area contributed by atoms with Gasteiger partial charge in [0.15, 0.2) is 5.78 Å². The van der Waals surface area contributed by atoms with Crippen molar-refractivity contribution in [2.75, 3.05) is 26.4 Å². The van der Waals surface area contributed by atoms with Crippen LogP contribution in [0.3, 0.4) is 0 Å². The molecule has 4 fully saturated rings. The van der Waals surface area contributed by atoms with Gasteiger partial charge < -0.3 is 30.8 Å². The van der Waals surface area contributed by atoms with E-state index in [1.165, 1.54) is 6.92 Å². The summed E-state index contributed by atoms with van der Waals surface area (Å²) < 4.78 is 19.1. The summed E-state index contributed by atoms with van der Waals surface area (Å²) in [6.07, 6.45) is 6.31. The van der Waals surface area contributed by atoms with Gasteiger partial charge in [-0.2, -0.15) is 0 Å². The minimum atomic E-state index is -1.05. The van der Waals surface area contributed by atoms with Crippen LogP contribution >= 0.6 is 0 Å². The molecule has 3 saturated carbocycles. The van der Waals surface area contributed by atoms with E-state index in [-0.39, 0.29) is 35.5 Å². The largest absolute Gasteiger partial charge is 0.481 e. The maximum Gasteiger partial charge on any atom is 0.308 e. The lowest BCUT2D eigenvalue weighted by Gasteiger charge is -2.70. The van der Waals surface area contributed by atoms with E-state index >= 15 is 0 Å². The third kappa shape index (κ3) is 5.04. The van der Waals surface area contributed by atoms with Crippen molar-refractivity contribution in [1.82, 2.24) is 0 Å². The molecule has 9 heteroatoms. The highest BCUT2D eigenvalue weighted by molar-refractivity contribution is 6.00. The van der Waals surface area contributed by atoms with Crippen LogP contribution < -0.4 is 11.5 Å². The van der Waals surface area contributed by atoms with E-state index in [4.69, 9.17) is 25.7 Å². The zero-order chi connectivity index (χ0) is 34.0. The Kier molecular flexibility index (Phi) is 9.46. The first-order chi connectivity index (χ1) is 21.4. The molecule has 3 unspecified atom stereocenters. The number of aliphatic carboxylic acids is 1. The van der Waals surface area contributed by atoms with Gasteiger partial charge in [0.25, 0.3) is 0 Å². The first-order valence-electron chi connectivity index (χ1n) is 17.8. The molecule has 0 aromatic carbocycles. The molecule has 4 aliphatic carbocycles. The molecular formula is C37H60N2O7. The van der Waals surface area contributed by atoms with Crippen molar-refractivity contribution in [3.63, 3.8) is 0 Å². The van der Waals surface area contributed by atoms with Crippen LogP contribution in [0.1, 0.15) is 100 Å². The molecule has 0 amide bonds. The molecule has 1 saturated heterocycles. The monoisotopic (exact) mass is 644 g/mol. The average molecular weight is 645 g/mol. The number of hydrogen-bond donors (Lipinski definition) is 3. The molecule has 0 spiro atoms. The predicted octanol–water partition coefficient (Wildman–Crippen LogP) is 5.14. The first kappa shape index (κ1) is 35.5. The van der Waals surface area contributed by atoms with Gasteiger partial charge in [0.2, 0.25) is 0 Å². The Hall–Kier alpha value is -1.81. The van der Waals surface area contributed by atoms with E-state index in [2.05, 4.69) is 41.5 Å². The zero-order valence-electron chi connectivity index (χ0n) is 29.5. The molecule has 1 aliphatic heterocycles. The second kappa shape index (κ2) is 12.3. The third-order valence-electron chi connectivity index (χ3n) is 14.5. The number of hydrogen-bond acceptors (Lipinski definition) is 8. The van der Waals surface area contributed by atoms with Crippen molar-refractivity contribution >= 4 is 17.7 Å². The summed E-state index contributed by atoms with van der Waals surface area (Å²) in [5, 5.41) is 10.9. The van der Waals surface area contributed by atoms with Crippen LogP contribution in [-0.2, 0) is 28.6 Å². The van der Waals surface area contributed by atoms with E-state index in [1.807, 2.05) is 13.0 Å². The number of carboxylic acid groups (broad SMARTS) is 1. The van der Waals surface area contributed by atoms with E-state index in [0.29, 0.717) is 38.7 Å². The molecule has 1 heterocycles. The normalized spacial score (nSPS) is 44.7. The Labute approximate surface area is 275 Å². The number of carbonyl (C=O) groups excluding carboxylic acids is 2. The molecule has 5 N–H and O–H groups in total. The number of carboxylic acids is 1. The minimum Gasteiger partial charge on any atom is -0.481 e. The number of ether oxygens (including phenoxy) is 3. The maximum absolute atomic E-state index is 14.8. The fourth-order valence-electron chi connectivity index (χ4n) is 11.7. The average Bonchev–Trinajstić information content (AvgIpc) is 2.96. The topological polar surface area (TPSA) is 151 Å². The standard InChI is InChI=1S/C37H60N2O7/c1-21(2)22(3)33(5)13-14-35(7)25-11-12-28-34(6)19-44-20-37(28,26(25)16-29(41)36(35,8)30(33)32(42)43)17-27(46-23(4)40)31(34)45-18-24(39)10-9-15-38/h16,21-22,24-25,27-28,30-31H,9-15,17-20,38-39H2,1-8H3,(H,42,43)/t22-,24?,25+,27?,28?,30-,31+,33-,34+,35-,36+,37+/m1/s1. The van der Waals surface area contributed by atoms with E-state index in [0.717, 1.165) is 44.1 Å². The van der Waals surface area contributed by atoms with Crippen molar-refractivity contribution in [3.05, 3.63) is 11.6 Å². The number of carbonyl (C=O) groups is 3. The van der Waals surface area contributed by atoms with Crippen molar-refractivity contribution in [1.29, 1.82) is 0 Å². The van der Waals surface area contributed by atoms with E-state index in [9.17, 15) is 19.5 Å². The van der Waals surface area contributed by atoms with Gasteiger partial charge in [-0.05, 0) is 92.1 Å². The maximum atomic E-state index is 14.8. The number of ketones is 1. The lowest BCUT2D eigenvalue weighted by molar-refractivity contribution is -0.266. The summed E-state index contributed by atoms with van der Waals surface area (Å²) in [4.78, 5) is 40.6. The van der Waals surface area contributed by atoms with Gasteiger partial charge in [0, 0.05) is 29.2 Å². The highest BCUT2D eigenvalue weighted by atomic mass is 16.6. The molecule has 46 heavy (non-hydrogen) atoms. The van der Waals surface area contributed by atoms with Gasteiger partial charge >= 0.3 is 11.9 Å². The molecule has 0 radical (unpaired) electrons. The lowest BCUT2D eigenvalue weighted by atomic mass is 9.34. The van der Waals surface area contributed by atoms with Crippen molar-refractivity contribution in [2.24, 2.45) is 68.1 Å². The van der Waals surface area contributed by atoms with Gasteiger partial charge in [-0.3, -0.25) is 14.4 Å². The summed E-state index contributed by atoms with van der Waals surface area (Å²) >= 11 is 0. The van der Waals surface area contributed by atoms with Gasteiger partial charge in [-0.15, -0.1) is 0 Å². The van der Waals surface area contributed by atoms with Gasteiger partial charge in [0.05, 0.1) is 25.7 Å². The van der Waals surface area contributed by atoms with Crippen LogP contribution in [0.15, 0.2) is 11.6 Å². The second-order valence-corrected chi connectivity index (χ2v) is 17.0. The van der Waals surface area contributed by atoms with E-state index in [1.54, 1.807) is 0 Å². The second-order valence-electron chi connectivity index (χ2n) is 17.0. The highest BCUT2D eigenvalue weighted by Gasteiger charge is 2.74. The number of allylic oxidation sites excluding steroid dienone is 1. The molecule has 2 bridgehead atoms. The summed E-state index contributed by atoms with van der Waals surface area (Å²) in [7, 11) is 0. The van der Waals surface area contributed by atoms with Crippen LogP contribution in [0, 0.1) is 56.7 Å². The third-order valence-corrected chi connectivity index (χ3v) is 14.5. The molecule has 0 aromatic rings. The fourth-order valence-corrected chi connectivity index (χ4v) is 11.7. The molecule has 12 atom stereocenters. The smallest absolute Gasteiger partial charge is 0.308 e. The van der Waals surface area contributed by atoms with Crippen LogP contribution in [0.4, 0.5) is 0 Å². The molecule has 5 aliphatic rings. The SMILES string of the molecule is CC(=O)OC1C[C@@]23COC[C@@](C)(C2CC[C@H]2C3=CC(=O)[C@@]3(C)[C@H](C(=O)O)[C@@](C)([C@H](C)C(C)C)CC[C@]23C)[C@H]1OCC(N)CCCN. The molecule has 0 aromatic heterocycles. The Morgan fingerprint density at radius 2 is 1.80 bits per heavy atom. The number of rotatable bonds is 10. The minimum absolute atomic E-state index is 0.0262. The van der Waals surface area contributed by atoms with Crippen LogP contribution in [0.5, 0.6) is 0 Å². The number of nitrogens with two attached hydrogens (primary N) is 2. The Morgan fingerprint density at radius 1 is 1.11 bits per heavy atom. The van der Waals surface area contributed by atoms with Gasteiger partial charge in [-0.25, -0.2) is 0 Å². The van der Waals surface area contributed by atoms with Crippen molar-refractivity contribution < 1.29 is 33.7 Å². The summed E-state index contributed by atoms with van der Waals surface area (Å²) in [5.41, 5.74) is 10.1. The number of esters is 1. The first-order valence-corrected chi connectivity index (χ1v) is 17.8. The molecule has 9 nitrogen and oxygen atoms in total. The molecule has 260 valence electrons.